The molecule has 2 fully saturated rings. The second kappa shape index (κ2) is 6.70. The van der Waals surface area contributed by atoms with Crippen LogP contribution in [0.2, 0.25) is 0 Å². The van der Waals surface area contributed by atoms with E-state index in [4.69, 9.17) is 14.0 Å². The zero-order valence-electron chi connectivity index (χ0n) is 15.6. The Hall–Kier alpha value is -1.04. The molecule has 1 aliphatic heterocycles. The van der Waals surface area contributed by atoms with Gasteiger partial charge in [-0.15, -0.1) is 0 Å². The number of benzene rings is 1. The van der Waals surface area contributed by atoms with Crippen molar-refractivity contribution in [2.45, 2.75) is 77.7 Å². The van der Waals surface area contributed by atoms with Crippen LogP contribution in [0.5, 0.6) is 5.75 Å². The first-order valence-corrected chi connectivity index (χ1v) is 9.17. The van der Waals surface area contributed by atoms with E-state index in [0.717, 1.165) is 17.8 Å². The lowest BCUT2D eigenvalue weighted by molar-refractivity contribution is 0.00578. The molecule has 1 saturated carbocycles. The summed E-state index contributed by atoms with van der Waals surface area (Å²) in [6, 6.07) is 6.98. The molecule has 0 bridgehead atoms. The molecule has 132 valence electrons. The van der Waals surface area contributed by atoms with Gasteiger partial charge in [0.25, 0.3) is 0 Å². The maximum atomic E-state index is 6.15. The molecule has 1 aliphatic carbocycles. The number of hydrogen-bond donors (Lipinski definition) is 1. The van der Waals surface area contributed by atoms with E-state index < -0.39 is 0 Å². The first kappa shape index (κ1) is 17.8. The summed E-state index contributed by atoms with van der Waals surface area (Å²) < 4.78 is 18.2. The van der Waals surface area contributed by atoms with Crippen molar-refractivity contribution in [2.75, 3.05) is 6.61 Å². The van der Waals surface area contributed by atoms with Gasteiger partial charge in [0.05, 0.1) is 17.8 Å². The zero-order chi connectivity index (χ0) is 17.4. The Labute approximate surface area is 146 Å². The van der Waals surface area contributed by atoms with Gasteiger partial charge in [-0.05, 0) is 59.0 Å². The zero-order valence-corrected chi connectivity index (χ0v) is 15.6. The van der Waals surface area contributed by atoms with Crippen LogP contribution in [0.3, 0.4) is 0 Å². The normalized spacial score (nSPS) is 22.5. The average Bonchev–Trinajstić information content (AvgIpc) is 2.67. The topological polar surface area (TPSA) is 39.7 Å². The average molecular weight is 331 g/mol. The van der Waals surface area contributed by atoms with Crippen LogP contribution in [-0.2, 0) is 15.9 Å². The number of rotatable bonds is 6. The van der Waals surface area contributed by atoms with Gasteiger partial charge in [0.1, 0.15) is 5.75 Å². The van der Waals surface area contributed by atoms with Crippen molar-refractivity contribution in [3.05, 3.63) is 23.8 Å². The SMILES string of the molecule is CCOc1cc(B2OC(C)(C)C(C)(C)O2)ccc1CNC1CCC1. The first-order valence-electron chi connectivity index (χ1n) is 9.17. The summed E-state index contributed by atoms with van der Waals surface area (Å²) in [6.07, 6.45) is 3.92. The standard InChI is InChI=1S/C19H30BNO3/c1-6-22-17-12-15(20-23-18(2,3)19(4,5)24-20)11-10-14(17)13-21-16-8-7-9-16/h10-12,16,21H,6-9,13H2,1-5H3. The fourth-order valence-electron chi connectivity index (χ4n) is 3.00. The minimum Gasteiger partial charge on any atom is -0.494 e. The smallest absolute Gasteiger partial charge is 0.494 e. The monoisotopic (exact) mass is 331 g/mol. The van der Waals surface area contributed by atoms with Crippen molar-refractivity contribution in [1.82, 2.24) is 5.32 Å². The van der Waals surface area contributed by atoms with E-state index in [1.54, 1.807) is 0 Å². The summed E-state index contributed by atoms with van der Waals surface area (Å²) in [5.41, 5.74) is 1.57. The summed E-state index contributed by atoms with van der Waals surface area (Å²) in [6.45, 7) is 11.8. The van der Waals surface area contributed by atoms with E-state index in [0.29, 0.717) is 12.6 Å². The lowest BCUT2D eigenvalue weighted by Crippen LogP contribution is -2.41. The molecule has 1 N–H and O–H groups in total. The van der Waals surface area contributed by atoms with Crippen molar-refractivity contribution in [3.63, 3.8) is 0 Å². The lowest BCUT2D eigenvalue weighted by Gasteiger charge is -2.32. The third kappa shape index (κ3) is 3.49. The lowest BCUT2D eigenvalue weighted by atomic mass is 9.78. The van der Waals surface area contributed by atoms with Gasteiger partial charge in [-0.2, -0.15) is 0 Å². The Morgan fingerprint density at radius 3 is 2.38 bits per heavy atom. The molecule has 1 saturated heterocycles. The largest absolute Gasteiger partial charge is 0.494 e. The molecule has 1 heterocycles. The predicted octanol–water partition coefficient (Wildman–Crippen LogP) is 3.03. The number of nitrogens with one attached hydrogen (secondary N) is 1. The van der Waals surface area contributed by atoms with Gasteiger partial charge in [0, 0.05) is 18.2 Å². The molecule has 0 radical (unpaired) electrons. The van der Waals surface area contributed by atoms with Crippen LogP contribution in [0, 0.1) is 0 Å². The van der Waals surface area contributed by atoms with Crippen LogP contribution in [0.1, 0.15) is 59.4 Å². The molecular formula is C19H30BNO3. The van der Waals surface area contributed by atoms with Gasteiger partial charge in [-0.3, -0.25) is 0 Å². The van der Waals surface area contributed by atoms with Crippen molar-refractivity contribution in [1.29, 1.82) is 0 Å². The highest BCUT2D eigenvalue weighted by atomic mass is 16.7. The maximum absolute atomic E-state index is 6.15. The molecule has 4 nitrogen and oxygen atoms in total. The molecule has 24 heavy (non-hydrogen) atoms. The Balaban J connectivity index is 1.76. The number of ether oxygens (including phenoxy) is 1. The molecule has 1 aromatic carbocycles. The van der Waals surface area contributed by atoms with Gasteiger partial charge in [0.2, 0.25) is 0 Å². The highest BCUT2D eigenvalue weighted by Crippen LogP contribution is 2.36. The van der Waals surface area contributed by atoms with Gasteiger partial charge in [-0.25, -0.2) is 0 Å². The van der Waals surface area contributed by atoms with E-state index in [1.165, 1.54) is 24.8 Å². The molecule has 0 unspecified atom stereocenters. The molecule has 1 aromatic rings. The van der Waals surface area contributed by atoms with Gasteiger partial charge in [0.15, 0.2) is 0 Å². The second-order valence-electron chi connectivity index (χ2n) is 7.90. The van der Waals surface area contributed by atoms with Crippen LogP contribution in [0.15, 0.2) is 18.2 Å². The second-order valence-corrected chi connectivity index (χ2v) is 7.90. The highest BCUT2D eigenvalue weighted by Gasteiger charge is 2.51. The Morgan fingerprint density at radius 1 is 1.17 bits per heavy atom. The summed E-state index contributed by atoms with van der Waals surface area (Å²) in [5, 5.41) is 3.61. The fourth-order valence-corrected chi connectivity index (χ4v) is 3.00. The first-order chi connectivity index (χ1) is 11.3. The third-order valence-electron chi connectivity index (χ3n) is 5.60. The van der Waals surface area contributed by atoms with Crippen molar-refractivity contribution in [2.24, 2.45) is 0 Å². The van der Waals surface area contributed by atoms with Crippen LogP contribution in [-0.4, -0.2) is 31.0 Å². The van der Waals surface area contributed by atoms with Crippen LogP contribution >= 0.6 is 0 Å². The van der Waals surface area contributed by atoms with Crippen LogP contribution in [0.4, 0.5) is 0 Å². The van der Waals surface area contributed by atoms with E-state index in [2.05, 4.69) is 51.2 Å². The molecule has 0 aromatic heterocycles. The molecule has 2 aliphatic rings. The number of hydrogen-bond acceptors (Lipinski definition) is 4. The molecule has 3 rings (SSSR count). The molecule has 5 heteroatoms. The van der Waals surface area contributed by atoms with Crippen molar-refractivity contribution < 1.29 is 14.0 Å². The summed E-state index contributed by atoms with van der Waals surface area (Å²) in [5.74, 6) is 0.927. The van der Waals surface area contributed by atoms with Gasteiger partial charge >= 0.3 is 7.12 Å². The summed E-state index contributed by atoms with van der Waals surface area (Å²) >= 11 is 0. The fraction of sp³-hybridized carbons (Fsp3) is 0.684. The molecule has 0 amide bonds. The van der Waals surface area contributed by atoms with E-state index >= 15 is 0 Å². The predicted molar refractivity (Wildman–Crippen MR) is 97.8 cm³/mol. The quantitative estimate of drug-likeness (QED) is 0.814. The summed E-state index contributed by atoms with van der Waals surface area (Å²) in [4.78, 5) is 0. The minimum atomic E-state index is -0.345. The highest BCUT2D eigenvalue weighted by molar-refractivity contribution is 6.62. The van der Waals surface area contributed by atoms with Gasteiger partial charge in [-0.1, -0.05) is 18.6 Å². The molecular weight excluding hydrogens is 301 g/mol. The van der Waals surface area contributed by atoms with Gasteiger partial charge < -0.3 is 19.4 Å². The van der Waals surface area contributed by atoms with E-state index in [1.807, 2.05) is 6.92 Å². The van der Waals surface area contributed by atoms with Crippen molar-refractivity contribution in [3.8, 4) is 5.75 Å². The Kier molecular flexibility index (Phi) is 4.96. The Bertz CT molecular complexity index is 568. The van der Waals surface area contributed by atoms with Crippen LogP contribution < -0.4 is 15.5 Å². The molecule has 0 spiro atoms. The van der Waals surface area contributed by atoms with E-state index in [9.17, 15) is 0 Å². The van der Waals surface area contributed by atoms with Crippen LogP contribution in [0.25, 0.3) is 0 Å². The Morgan fingerprint density at radius 2 is 1.83 bits per heavy atom. The minimum absolute atomic E-state index is 0.326. The van der Waals surface area contributed by atoms with E-state index in [-0.39, 0.29) is 18.3 Å². The summed E-state index contributed by atoms with van der Waals surface area (Å²) in [7, 11) is -0.345. The third-order valence-corrected chi connectivity index (χ3v) is 5.60. The van der Waals surface area contributed by atoms with Crippen molar-refractivity contribution >= 4 is 12.6 Å². The molecule has 0 atom stereocenters. The maximum Gasteiger partial charge on any atom is 0.494 e.